The molecule has 1 atom stereocenters. The van der Waals surface area contributed by atoms with Gasteiger partial charge < -0.3 is 19.5 Å². The van der Waals surface area contributed by atoms with Gasteiger partial charge in [0.15, 0.2) is 11.5 Å². The number of ketones is 1. The second kappa shape index (κ2) is 8.82. The summed E-state index contributed by atoms with van der Waals surface area (Å²) in [6.45, 7) is 5.23. The Morgan fingerprint density at radius 3 is 2.78 bits per heavy atom. The van der Waals surface area contributed by atoms with Crippen LogP contribution < -0.4 is 10.2 Å². The molecule has 2 aliphatic rings. The normalized spacial score (nSPS) is 16.7. The molecule has 1 aliphatic carbocycles. The third kappa shape index (κ3) is 3.54. The number of carbonyl (C=O) groups excluding carboxylic acids is 2. The summed E-state index contributed by atoms with van der Waals surface area (Å²) in [7, 11) is 0. The molecule has 36 heavy (non-hydrogen) atoms. The predicted molar refractivity (Wildman–Crippen MR) is 139 cm³/mol. The number of hydrogen-bond donors (Lipinski definition) is 1. The summed E-state index contributed by atoms with van der Waals surface area (Å²) in [5, 5.41) is 8.65. The largest absolute Gasteiger partial charge is 0.462 e. The van der Waals surface area contributed by atoms with E-state index in [1.807, 2.05) is 36.4 Å². The maximum absolute atomic E-state index is 13.8. The topological polar surface area (TPSA) is 84.7 Å². The molecule has 2 heterocycles. The van der Waals surface area contributed by atoms with E-state index in [1.165, 1.54) is 6.42 Å². The van der Waals surface area contributed by atoms with Crippen LogP contribution in [0.25, 0.3) is 22.2 Å². The number of rotatable bonds is 5. The van der Waals surface area contributed by atoms with Gasteiger partial charge in [-0.1, -0.05) is 35.5 Å². The van der Waals surface area contributed by atoms with E-state index in [1.54, 1.807) is 25.1 Å². The van der Waals surface area contributed by atoms with Gasteiger partial charge in [0, 0.05) is 29.4 Å². The summed E-state index contributed by atoms with van der Waals surface area (Å²) in [5.74, 6) is 0.158. The van der Waals surface area contributed by atoms with Crippen LogP contribution in [0.5, 0.6) is 0 Å². The monoisotopic (exact) mass is 481 g/mol. The summed E-state index contributed by atoms with van der Waals surface area (Å²) >= 11 is 0. The molecule has 0 amide bonds. The van der Waals surface area contributed by atoms with Crippen molar-refractivity contribution in [1.82, 2.24) is 5.16 Å². The van der Waals surface area contributed by atoms with Crippen LogP contribution in [0, 0.1) is 0 Å². The van der Waals surface area contributed by atoms with Crippen LogP contribution in [-0.4, -0.2) is 36.1 Å². The summed E-state index contributed by atoms with van der Waals surface area (Å²) in [5.41, 5.74) is 5.36. The zero-order valence-corrected chi connectivity index (χ0v) is 20.3. The Morgan fingerprint density at radius 1 is 1.14 bits per heavy atom. The molecule has 7 nitrogen and oxygen atoms in total. The van der Waals surface area contributed by atoms with Crippen LogP contribution in [0.2, 0.25) is 0 Å². The van der Waals surface area contributed by atoms with Crippen LogP contribution >= 0.6 is 0 Å². The number of benzene rings is 3. The zero-order valence-electron chi connectivity index (χ0n) is 20.3. The Bertz CT molecular complexity index is 1510. The average molecular weight is 482 g/mol. The third-order valence-electron chi connectivity index (χ3n) is 7.14. The highest BCUT2D eigenvalue weighted by atomic mass is 16.5. The molecule has 7 heteroatoms. The standard InChI is InChI=1S/C29H27N3O4/c1-3-35-29(34)18-10-8-11-19(15-18)30-22-16-23(32-14-7-6-9-17(32)2)26-25-24(22)27(33)20-12-4-5-13-21(20)28(25)36-31-26/h4-5,8,10-13,15-17,30H,3,6-7,9,14H2,1-2H3. The van der Waals surface area contributed by atoms with E-state index in [0.717, 1.165) is 36.0 Å². The number of fused-ring (bicyclic) bond motifs is 2. The van der Waals surface area contributed by atoms with Crippen LogP contribution in [0.3, 0.4) is 0 Å². The molecular formula is C29H27N3O4. The van der Waals surface area contributed by atoms with Crippen molar-refractivity contribution in [3.63, 3.8) is 0 Å². The molecule has 1 unspecified atom stereocenters. The van der Waals surface area contributed by atoms with E-state index in [2.05, 4.69) is 22.3 Å². The lowest BCUT2D eigenvalue weighted by molar-refractivity contribution is 0.0526. The highest BCUT2D eigenvalue weighted by molar-refractivity contribution is 6.28. The van der Waals surface area contributed by atoms with E-state index < -0.39 is 0 Å². The van der Waals surface area contributed by atoms with Gasteiger partial charge in [-0.05, 0) is 57.4 Å². The molecule has 3 aromatic carbocycles. The Labute approximate surface area is 209 Å². The fraction of sp³-hybridized carbons (Fsp3) is 0.276. The Balaban J connectivity index is 1.55. The number of ether oxygens (including phenoxy) is 1. The van der Waals surface area contributed by atoms with Gasteiger partial charge in [-0.2, -0.15) is 0 Å². The number of nitrogens with one attached hydrogen (secondary N) is 1. The van der Waals surface area contributed by atoms with Crippen molar-refractivity contribution in [2.75, 3.05) is 23.4 Å². The van der Waals surface area contributed by atoms with Crippen molar-refractivity contribution in [3.8, 4) is 11.3 Å². The summed E-state index contributed by atoms with van der Waals surface area (Å²) in [6.07, 6.45) is 3.39. The number of nitrogens with zero attached hydrogens (tertiary/aromatic N) is 2. The van der Waals surface area contributed by atoms with Crippen LogP contribution in [0.1, 0.15) is 59.4 Å². The van der Waals surface area contributed by atoms with Crippen LogP contribution in [0.15, 0.2) is 59.1 Å². The van der Waals surface area contributed by atoms with Crippen molar-refractivity contribution >= 4 is 39.7 Å². The molecule has 4 aromatic rings. The summed E-state index contributed by atoms with van der Waals surface area (Å²) in [4.78, 5) is 28.5. The molecule has 6 rings (SSSR count). The van der Waals surface area contributed by atoms with E-state index in [-0.39, 0.29) is 11.8 Å². The van der Waals surface area contributed by atoms with E-state index in [0.29, 0.717) is 52.0 Å². The van der Waals surface area contributed by atoms with Gasteiger partial charge in [0.1, 0.15) is 5.52 Å². The molecular weight excluding hydrogens is 454 g/mol. The Hall–Kier alpha value is -4.13. The fourth-order valence-electron chi connectivity index (χ4n) is 5.41. The van der Waals surface area contributed by atoms with Gasteiger partial charge >= 0.3 is 5.97 Å². The minimum atomic E-state index is -0.382. The average Bonchev–Trinajstić information content (AvgIpc) is 3.34. The lowest BCUT2D eigenvalue weighted by atomic mass is 9.86. The molecule has 1 aromatic heterocycles. The molecule has 1 fully saturated rings. The molecule has 1 aliphatic heterocycles. The Morgan fingerprint density at radius 2 is 1.97 bits per heavy atom. The van der Waals surface area contributed by atoms with Crippen LogP contribution in [0.4, 0.5) is 17.1 Å². The highest BCUT2D eigenvalue weighted by Crippen LogP contribution is 2.47. The van der Waals surface area contributed by atoms with E-state index in [4.69, 9.17) is 9.26 Å². The third-order valence-corrected chi connectivity index (χ3v) is 7.14. The first-order valence-corrected chi connectivity index (χ1v) is 12.5. The van der Waals surface area contributed by atoms with Crippen molar-refractivity contribution in [2.45, 2.75) is 39.2 Å². The van der Waals surface area contributed by atoms with Gasteiger partial charge in [-0.25, -0.2) is 4.79 Å². The first-order valence-electron chi connectivity index (χ1n) is 12.5. The molecule has 0 saturated carbocycles. The highest BCUT2D eigenvalue weighted by Gasteiger charge is 2.34. The lowest BCUT2D eigenvalue weighted by Crippen LogP contribution is -2.37. The van der Waals surface area contributed by atoms with Crippen molar-refractivity contribution < 1.29 is 18.8 Å². The molecule has 1 N–H and O–H groups in total. The van der Waals surface area contributed by atoms with Gasteiger partial charge in [-0.15, -0.1) is 0 Å². The number of carbonyl (C=O) groups is 2. The first-order chi connectivity index (χ1) is 17.6. The number of aromatic nitrogens is 1. The van der Waals surface area contributed by atoms with Crippen molar-refractivity contribution in [3.05, 3.63) is 71.3 Å². The minimum absolute atomic E-state index is 0.0754. The summed E-state index contributed by atoms with van der Waals surface area (Å²) in [6, 6.07) is 17.0. The van der Waals surface area contributed by atoms with Gasteiger partial charge in [0.2, 0.25) is 0 Å². The van der Waals surface area contributed by atoms with Crippen molar-refractivity contribution in [2.24, 2.45) is 0 Å². The second-order valence-electron chi connectivity index (χ2n) is 9.39. The van der Waals surface area contributed by atoms with Gasteiger partial charge in [0.05, 0.1) is 34.5 Å². The molecule has 0 bridgehead atoms. The quantitative estimate of drug-likeness (QED) is 0.293. The maximum Gasteiger partial charge on any atom is 0.338 e. The SMILES string of the molecule is CCOC(=O)c1cccc(Nc2cc(N3CCCCC3C)c3noc4c3c2C(=O)c2ccccc2-4)c1. The molecule has 0 spiro atoms. The number of piperidine rings is 1. The smallest absolute Gasteiger partial charge is 0.338 e. The predicted octanol–water partition coefficient (Wildman–Crippen LogP) is 6.34. The molecule has 0 radical (unpaired) electrons. The van der Waals surface area contributed by atoms with E-state index >= 15 is 0 Å². The maximum atomic E-state index is 13.8. The van der Waals surface area contributed by atoms with E-state index in [9.17, 15) is 9.59 Å². The second-order valence-corrected chi connectivity index (χ2v) is 9.39. The number of anilines is 3. The van der Waals surface area contributed by atoms with Gasteiger partial charge in [0.25, 0.3) is 0 Å². The lowest BCUT2D eigenvalue weighted by Gasteiger charge is -2.36. The number of esters is 1. The minimum Gasteiger partial charge on any atom is -0.462 e. The zero-order chi connectivity index (χ0) is 24.8. The fourth-order valence-corrected chi connectivity index (χ4v) is 5.41. The van der Waals surface area contributed by atoms with Gasteiger partial charge in [-0.3, -0.25) is 4.79 Å². The molecule has 182 valence electrons. The molecule has 1 saturated heterocycles. The van der Waals surface area contributed by atoms with Crippen molar-refractivity contribution in [1.29, 1.82) is 0 Å². The first kappa shape index (κ1) is 22.3. The number of hydrogen-bond acceptors (Lipinski definition) is 7. The summed E-state index contributed by atoms with van der Waals surface area (Å²) < 4.78 is 11.1. The Kier molecular flexibility index (Phi) is 5.48. The van der Waals surface area contributed by atoms with Crippen LogP contribution in [-0.2, 0) is 4.74 Å².